The summed E-state index contributed by atoms with van der Waals surface area (Å²) in [7, 11) is 4.52. The number of hydrogen-bond donors (Lipinski definition) is 0. The number of carbonyl (C=O) groups excluding carboxylic acids is 2. The molecule has 0 unspecified atom stereocenters. The first-order chi connectivity index (χ1) is 12.1. The second kappa shape index (κ2) is 9.42. The molecule has 1 aromatic rings. The summed E-state index contributed by atoms with van der Waals surface area (Å²) in [6, 6.07) is 5.05. The van der Waals surface area contributed by atoms with E-state index in [1.54, 1.807) is 25.3 Å². The molecule has 1 aromatic carbocycles. The molecule has 2 rings (SSSR count). The molecule has 1 amide bonds. The van der Waals surface area contributed by atoms with Gasteiger partial charge in [0.2, 0.25) is 0 Å². The van der Waals surface area contributed by atoms with Gasteiger partial charge in [-0.3, -0.25) is 4.79 Å². The smallest absolute Gasteiger partial charge is 0.338 e. The molecule has 0 aromatic heterocycles. The van der Waals surface area contributed by atoms with Crippen molar-refractivity contribution in [3.05, 3.63) is 29.3 Å². The topological polar surface area (TPSA) is 65.1 Å². The van der Waals surface area contributed by atoms with E-state index in [9.17, 15) is 9.59 Å². The van der Waals surface area contributed by atoms with E-state index in [2.05, 4.69) is 0 Å². The normalized spacial score (nSPS) is 17.2. The fourth-order valence-corrected chi connectivity index (χ4v) is 3.27. The van der Waals surface area contributed by atoms with Gasteiger partial charge < -0.3 is 19.1 Å². The molecule has 0 radical (unpaired) electrons. The minimum atomic E-state index is -0.483. The van der Waals surface area contributed by atoms with Crippen molar-refractivity contribution in [2.45, 2.75) is 38.1 Å². The minimum absolute atomic E-state index is 0.0637. The van der Waals surface area contributed by atoms with Gasteiger partial charge >= 0.3 is 5.97 Å². The van der Waals surface area contributed by atoms with Crippen molar-refractivity contribution in [2.24, 2.45) is 0 Å². The predicted molar refractivity (Wildman–Crippen MR) is 94.1 cm³/mol. The summed E-state index contributed by atoms with van der Waals surface area (Å²) < 4.78 is 15.1. The molecule has 138 valence electrons. The standard InChI is InChI=1S/C19H27NO5/c1-23-10-6-8-16-7-4-5-9-20(16)18(21)14-11-15(19(22)25-3)13-17(12-14)24-2/h11-13,16H,4-10H2,1-3H3/t16-/m1/s1. The molecular formula is C19H27NO5. The average Bonchev–Trinajstić information content (AvgIpc) is 2.66. The number of piperidine rings is 1. The average molecular weight is 349 g/mol. The van der Waals surface area contributed by atoms with Crippen molar-refractivity contribution >= 4 is 11.9 Å². The first-order valence-corrected chi connectivity index (χ1v) is 8.68. The van der Waals surface area contributed by atoms with Crippen molar-refractivity contribution < 1.29 is 23.8 Å². The molecule has 0 spiro atoms. The van der Waals surface area contributed by atoms with Gasteiger partial charge in [0.1, 0.15) is 5.75 Å². The number of hydrogen-bond acceptors (Lipinski definition) is 5. The van der Waals surface area contributed by atoms with Gasteiger partial charge in [0, 0.05) is 31.9 Å². The number of benzene rings is 1. The van der Waals surface area contributed by atoms with Gasteiger partial charge in [0.25, 0.3) is 5.91 Å². The Morgan fingerprint density at radius 2 is 1.88 bits per heavy atom. The lowest BCUT2D eigenvalue weighted by atomic mass is 9.96. The SMILES string of the molecule is COCCC[C@H]1CCCCN1C(=O)c1cc(OC)cc(C(=O)OC)c1. The zero-order valence-corrected chi connectivity index (χ0v) is 15.2. The molecular weight excluding hydrogens is 322 g/mol. The first kappa shape index (κ1) is 19.2. The maximum Gasteiger partial charge on any atom is 0.338 e. The Hall–Kier alpha value is -2.08. The van der Waals surface area contributed by atoms with Crippen LogP contribution in [-0.4, -0.2) is 57.3 Å². The summed E-state index contributed by atoms with van der Waals surface area (Å²) in [5, 5.41) is 0. The van der Waals surface area contributed by atoms with Crippen LogP contribution >= 0.6 is 0 Å². The molecule has 1 heterocycles. The van der Waals surface area contributed by atoms with Crippen molar-refractivity contribution in [3.63, 3.8) is 0 Å². The molecule has 1 atom stereocenters. The summed E-state index contributed by atoms with van der Waals surface area (Å²) in [5.74, 6) is -0.0754. The summed E-state index contributed by atoms with van der Waals surface area (Å²) in [6.45, 7) is 1.44. The van der Waals surface area contributed by atoms with Crippen LogP contribution in [0.3, 0.4) is 0 Å². The van der Waals surface area contributed by atoms with E-state index < -0.39 is 5.97 Å². The van der Waals surface area contributed by atoms with Gasteiger partial charge in [-0.15, -0.1) is 0 Å². The van der Waals surface area contributed by atoms with E-state index in [1.807, 2.05) is 4.90 Å². The molecule has 1 fully saturated rings. The molecule has 0 bridgehead atoms. The highest BCUT2D eigenvalue weighted by molar-refractivity contribution is 5.98. The van der Waals surface area contributed by atoms with E-state index in [1.165, 1.54) is 14.2 Å². The van der Waals surface area contributed by atoms with E-state index in [0.717, 1.165) is 38.6 Å². The monoisotopic (exact) mass is 349 g/mol. The van der Waals surface area contributed by atoms with Crippen LogP contribution in [0.15, 0.2) is 18.2 Å². The lowest BCUT2D eigenvalue weighted by Gasteiger charge is -2.36. The largest absolute Gasteiger partial charge is 0.497 e. The molecule has 25 heavy (non-hydrogen) atoms. The van der Waals surface area contributed by atoms with Crippen LogP contribution in [-0.2, 0) is 9.47 Å². The van der Waals surface area contributed by atoms with Gasteiger partial charge in [-0.05, 0) is 50.3 Å². The number of esters is 1. The van der Waals surface area contributed by atoms with Crippen LogP contribution < -0.4 is 4.74 Å². The fraction of sp³-hybridized carbons (Fsp3) is 0.579. The highest BCUT2D eigenvalue weighted by Crippen LogP contribution is 2.25. The van der Waals surface area contributed by atoms with Gasteiger partial charge in [0.15, 0.2) is 0 Å². The maximum absolute atomic E-state index is 13.1. The zero-order valence-electron chi connectivity index (χ0n) is 15.2. The highest BCUT2D eigenvalue weighted by atomic mass is 16.5. The van der Waals surface area contributed by atoms with Gasteiger partial charge in [-0.25, -0.2) is 4.79 Å². The summed E-state index contributed by atoms with van der Waals surface area (Å²) in [5.41, 5.74) is 0.775. The Morgan fingerprint density at radius 3 is 2.56 bits per heavy atom. The summed E-state index contributed by atoms with van der Waals surface area (Å²) in [4.78, 5) is 26.8. The molecule has 0 aliphatic carbocycles. The number of likely N-dealkylation sites (tertiary alicyclic amines) is 1. The number of carbonyl (C=O) groups is 2. The highest BCUT2D eigenvalue weighted by Gasteiger charge is 2.28. The number of amides is 1. The quantitative estimate of drug-likeness (QED) is 0.559. The van der Waals surface area contributed by atoms with Crippen LogP contribution in [0.25, 0.3) is 0 Å². The Labute approximate surface area is 149 Å². The fourth-order valence-electron chi connectivity index (χ4n) is 3.27. The van der Waals surface area contributed by atoms with Crippen LogP contribution in [0.4, 0.5) is 0 Å². The van der Waals surface area contributed by atoms with E-state index in [4.69, 9.17) is 14.2 Å². The van der Waals surface area contributed by atoms with Crippen LogP contribution in [0.5, 0.6) is 5.75 Å². The van der Waals surface area contributed by atoms with Crippen molar-refractivity contribution in [3.8, 4) is 5.75 Å². The first-order valence-electron chi connectivity index (χ1n) is 8.68. The lowest BCUT2D eigenvalue weighted by molar-refractivity contribution is 0.0584. The maximum atomic E-state index is 13.1. The minimum Gasteiger partial charge on any atom is -0.497 e. The Morgan fingerprint density at radius 1 is 1.12 bits per heavy atom. The molecule has 1 aliphatic rings. The van der Waals surface area contributed by atoms with Crippen molar-refractivity contribution in [1.29, 1.82) is 0 Å². The third-order valence-corrected chi connectivity index (χ3v) is 4.58. The molecule has 0 saturated carbocycles. The zero-order chi connectivity index (χ0) is 18.2. The summed E-state index contributed by atoms with van der Waals surface area (Å²) >= 11 is 0. The lowest BCUT2D eigenvalue weighted by Crippen LogP contribution is -2.43. The molecule has 1 aliphatic heterocycles. The van der Waals surface area contributed by atoms with Gasteiger partial charge in [-0.2, -0.15) is 0 Å². The second-order valence-electron chi connectivity index (χ2n) is 6.22. The van der Waals surface area contributed by atoms with Gasteiger partial charge in [-0.1, -0.05) is 0 Å². The molecule has 6 heteroatoms. The third kappa shape index (κ3) is 4.95. The number of methoxy groups -OCH3 is 3. The number of ether oxygens (including phenoxy) is 3. The Balaban J connectivity index is 2.23. The van der Waals surface area contributed by atoms with E-state index in [-0.39, 0.29) is 11.9 Å². The third-order valence-electron chi connectivity index (χ3n) is 4.58. The predicted octanol–water partition coefficient (Wildman–Crippen LogP) is 2.90. The van der Waals surface area contributed by atoms with Crippen molar-refractivity contribution in [2.75, 3.05) is 34.5 Å². The Bertz CT molecular complexity index is 601. The van der Waals surface area contributed by atoms with Gasteiger partial charge in [0.05, 0.1) is 19.8 Å². The van der Waals surface area contributed by atoms with Crippen molar-refractivity contribution in [1.82, 2.24) is 4.90 Å². The second-order valence-corrected chi connectivity index (χ2v) is 6.22. The molecule has 1 saturated heterocycles. The molecule has 0 N–H and O–H groups in total. The van der Waals surface area contributed by atoms with E-state index >= 15 is 0 Å². The number of nitrogens with zero attached hydrogens (tertiary/aromatic N) is 1. The van der Waals surface area contributed by atoms with Crippen LogP contribution in [0.2, 0.25) is 0 Å². The van der Waals surface area contributed by atoms with Crippen LogP contribution in [0.1, 0.15) is 52.8 Å². The molecule has 6 nitrogen and oxygen atoms in total. The van der Waals surface area contributed by atoms with Crippen LogP contribution in [0, 0.1) is 0 Å². The number of rotatable bonds is 7. The Kier molecular flexibility index (Phi) is 7.25. The van der Waals surface area contributed by atoms with E-state index in [0.29, 0.717) is 23.5 Å². The summed E-state index contributed by atoms with van der Waals surface area (Å²) in [6.07, 6.45) is 4.99.